The Morgan fingerprint density at radius 3 is 1.29 bits per heavy atom. The lowest BCUT2D eigenvalue weighted by Gasteiger charge is -2.40. The topological polar surface area (TPSA) is 64.6 Å². The Balaban J connectivity index is 1.92. The number of hydrogen-bond donors (Lipinski definition) is 0. The van der Waals surface area contributed by atoms with Crippen LogP contribution >= 0.6 is 0 Å². The van der Waals surface area contributed by atoms with Crippen molar-refractivity contribution >= 4 is 0 Å². The first-order chi connectivity index (χ1) is 11.8. The van der Waals surface area contributed by atoms with Gasteiger partial charge in [-0.05, 0) is 13.8 Å². The minimum atomic E-state index is -0.0172. The third-order valence-electron chi connectivity index (χ3n) is 3.53. The molecule has 0 aromatic carbocycles. The summed E-state index contributed by atoms with van der Waals surface area (Å²) < 4.78 is 37.9. The molecule has 0 atom stereocenters. The second-order valence-corrected chi connectivity index (χ2v) is 5.72. The summed E-state index contributed by atoms with van der Waals surface area (Å²) in [6, 6.07) is 0. The normalized spacial score (nSPS) is 16.2. The SMILES string of the molecule is CCOCCOCCOCC1(COCCOCCOCC)COC1. The van der Waals surface area contributed by atoms with Crippen molar-refractivity contribution in [1.82, 2.24) is 0 Å². The van der Waals surface area contributed by atoms with E-state index < -0.39 is 0 Å². The summed E-state index contributed by atoms with van der Waals surface area (Å²) in [5.74, 6) is 0. The lowest BCUT2D eigenvalue weighted by molar-refractivity contribution is -0.181. The highest BCUT2D eigenvalue weighted by Gasteiger charge is 2.39. The number of ether oxygens (including phenoxy) is 7. The van der Waals surface area contributed by atoms with E-state index in [2.05, 4.69) is 0 Å². The van der Waals surface area contributed by atoms with E-state index in [0.29, 0.717) is 79.3 Å². The molecule has 0 radical (unpaired) electrons. The van der Waals surface area contributed by atoms with Gasteiger partial charge in [0.1, 0.15) is 0 Å². The highest BCUT2D eigenvalue weighted by molar-refractivity contribution is 4.85. The molecular weight excluding hydrogens is 316 g/mol. The standard InChI is InChI=1S/C17H34O7/c1-3-18-5-7-20-9-11-22-13-17(15-24-16-17)14-23-12-10-21-8-6-19-4-2/h3-16H2,1-2H3. The summed E-state index contributed by atoms with van der Waals surface area (Å²) in [4.78, 5) is 0. The first-order valence-corrected chi connectivity index (χ1v) is 8.87. The van der Waals surface area contributed by atoms with Crippen LogP contribution in [0.25, 0.3) is 0 Å². The van der Waals surface area contributed by atoms with Crippen molar-refractivity contribution in [1.29, 1.82) is 0 Å². The fraction of sp³-hybridized carbons (Fsp3) is 1.00. The van der Waals surface area contributed by atoms with Crippen molar-refractivity contribution in [3.63, 3.8) is 0 Å². The molecule has 0 aliphatic carbocycles. The van der Waals surface area contributed by atoms with Gasteiger partial charge in [-0.3, -0.25) is 0 Å². The van der Waals surface area contributed by atoms with Crippen LogP contribution in [0.1, 0.15) is 13.8 Å². The fourth-order valence-corrected chi connectivity index (χ4v) is 2.14. The molecule has 7 nitrogen and oxygen atoms in total. The van der Waals surface area contributed by atoms with E-state index >= 15 is 0 Å². The van der Waals surface area contributed by atoms with Crippen molar-refractivity contribution in [2.75, 3.05) is 92.5 Å². The molecule has 24 heavy (non-hydrogen) atoms. The highest BCUT2D eigenvalue weighted by Crippen LogP contribution is 2.28. The monoisotopic (exact) mass is 350 g/mol. The highest BCUT2D eigenvalue weighted by atomic mass is 16.6. The minimum Gasteiger partial charge on any atom is -0.380 e. The van der Waals surface area contributed by atoms with Crippen LogP contribution < -0.4 is 0 Å². The largest absolute Gasteiger partial charge is 0.380 e. The number of rotatable bonds is 18. The summed E-state index contributed by atoms with van der Waals surface area (Å²) in [5, 5.41) is 0. The Hall–Kier alpha value is -0.280. The molecule has 1 aliphatic rings. The molecule has 0 saturated carbocycles. The van der Waals surface area contributed by atoms with Crippen molar-refractivity contribution in [2.45, 2.75) is 13.8 Å². The third kappa shape index (κ3) is 10.6. The quantitative estimate of drug-likeness (QED) is 0.344. The molecule has 0 spiro atoms. The first-order valence-electron chi connectivity index (χ1n) is 8.87. The van der Waals surface area contributed by atoms with E-state index in [4.69, 9.17) is 33.2 Å². The predicted octanol–water partition coefficient (Wildman–Crippen LogP) is 1.14. The van der Waals surface area contributed by atoms with Crippen LogP contribution in [0.3, 0.4) is 0 Å². The van der Waals surface area contributed by atoms with Gasteiger partial charge in [0.05, 0.1) is 84.7 Å². The van der Waals surface area contributed by atoms with Gasteiger partial charge >= 0.3 is 0 Å². The molecule has 1 rings (SSSR count). The van der Waals surface area contributed by atoms with Crippen LogP contribution in [0.15, 0.2) is 0 Å². The molecule has 0 aromatic heterocycles. The van der Waals surface area contributed by atoms with E-state index in [0.717, 1.165) is 13.2 Å². The molecule has 144 valence electrons. The van der Waals surface area contributed by atoms with E-state index in [9.17, 15) is 0 Å². The zero-order valence-electron chi connectivity index (χ0n) is 15.3. The molecule has 1 saturated heterocycles. The molecule has 1 heterocycles. The molecular formula is C17H34O7. The maximum atomic E-state index is 5.70. The van der Waals surface area contributed by atoms with Gasteiger partial charge in [-0.2, -0.15) is 0 Å². The Bertz CT molecular complexity index is 250. The zero-order chi connectivity index (χ0) is 17.3. The van der Waals surface area contributed by atoms with Crippen LogP contribution in [0, 0.1) is 5.41 Å². The van der Waals surface area contributed by atoms with Gasteiger partial charge in [0, 0.05) is 13.2 Å². The molecule has 1 fully saturated rings. The predicted molar refractivity (Wildman–Crippen MR) is 89.5 cm³/mol. The Morgan fingerprint density at radius 1 is 0.583 bits per heavy atom. The second kappa shape index (κ2) is 15.0. The average molecular weight is 350 g/mol. The number of hydrogen-bond acceptors (Lipinski definition) is 7. The maximum absolute atomic E-state index is 5.70. The summed E-state index contributed by atoms with van der Waals surface area (Å²) in [6.07, 6.45) is 0. The third-order valence-corrected chi connectivity index (χ3v) is 3.53. The van der Waals surface area contributed by atoms with Crippen molar-refractivity contribution in [3.8, 4) is 0 Å². The lowest BCUT2D eigenvalue weighted by Crippen LogP contribution is -2.50. The molecule has 0 bridgehead atoms. The van der Waals surface area contributed by atoms with Crippen molar-refractivity contribution in [2.24, 2.45) is 5.41 Å². The van der Waals surface area contributed by atoms with Gasteiger partial charge in [0.15, 0.2) is 0 Å². The zero-order valence-corrected chi connectivity index (χ0v) is 15.3. The van der Waals surface area contributed by atoms with E-state index in [1.807, 2.05) is 13.8 Å². The van der Waals surface area contributed by atoms with Crippen LogP contribution in [-0.2, 0) is 33.2 Å². The molecule has 0 N–H and O–H groups in total. The maximum Gasteiger partial charge on any atom is 0.0701 e. The van der Waals surface area contributed by atoms with Crippen LogP contribution in [0.4, 0.5) is 0 Å². The van der Waals surface area contributed by atoms with E-state index in [1.165, 1.54) is 0 Å². The van der Waals surface area contributed by atoms with Gasteiger partial charge in [0.25, 0.3) is 0 Å². The van der Waals surface area contributed by atoms with Crippen LogP contribution in [0.2, 0.25) is 0 Å². The minimum absolute atomic E-state index is 0.0172. The van der Waals surface area contributed by atoms with Gasteiger partial charge in [-0.25, -0.2) is 0 Å². The molecule has 0 aromatic rings. The summed E-state index contributed by atoms with van der Waals surface area (Å²) in [7, 11) is 0. The lowest BCUT2D eigenvalue weighted by atomic mass is 9.88. The summed E-state index contributed by atoms with van der Waals surface area (Å²) in [5.41, 5.74) is -0.0172. The molecule has 0 amide bonds. The Morgan fingerprint density at radius 2 is 0.958 bits per heavy atom. The van der Waals surface area contributed by atoms with Gasteiger partial charge in [0.2, 0.25) is 0 Å². The Labute approximate surface area is 145 Å². The summed E-state index contributed by atoms with van der Waals surface area (Å²) >= 11 is 0. The average Bonchev–Trinajstić information content (AvgIpc) is 2.56. The summed E-state index contributed by atoms with van der Waals surface area (Å²) in [6.45, 7) is 12.8. The van der Waals surface area contributed by atoms with E-state index in [1.54, 1.807) is 0 Å². The van der Waals surface area contributed by atoms with Crippen LogP contribution in [0.5, 0.6) is 0 Å². The molecule has 0 unspecified atom stereocenters. The van der Waals surface area contributed by atoms with Crippen molar-refractivity contribution < 1.29 is 33.2 Å². The van der Waals surface area contributed by atoms with Gasteiger partial charge < -0.3 is 33.2 Å². The van der Waals surface area contributed by atoms with Gasteiger partial charge in [-0.15, -0.1) is 0 Å². The van der Waals surface area contributed by atoms with E-state index in [-0.39, 0.29) is 5.41 Å². The Kier molecular flexibility index (Phi) is 13.6. The van der Waals surface area contributed by atoms with Gasteiger partial charge in [-0.1, -0.05) is 0 Å². The van der Waals surface area contributed by atoms with Crippen LogP contribution in [-0.4, -0.2) is 92.5 Å². The van der Waals surface area contributed by atoms with Crippen molar-refractivity contribution in [3.05, 3.63) is 0 Å². The fourth-order valence-electron chi connectivity index (χ4n) is 2.14. The molecule has 7 heteroatoms. The smallest absolute Gasteiger partial charge is 0.0701 e. The molecule has 1 aliphatic heterocycles. The second-order valence-electron chi connectivity index (χ2n) is 5.72. The first kappa shape index (κ1) is 21.8.